The molecule has 0 bridgehead atoms. The molecular formula is C14H15F2N3. The smallest absolute Gasteiger partial charge is 0.132 e. The summed E-state index contributed by atoms with van der Waals surface area (Å²) >= 11 is 0. The molecule has 0 spiro atoms. The molecule has 0 aliphatic carbocycles. The molecular weight excluding hydrogens is 248 g/mol. The molecule has 2 heterocycles. The Morgan fingerprint density at radius 3 is 3.00 bits per heavy atom. The van der Waals surface area contributed by atoms with Crippen molar-refractivity contribution in [1.82, 2.24) is 15.3 Å². The van der Waals surface area contributed by atoms with Gasteiger partial charge in [0.2, 0.25) is 0 Å². The van der Waals surface area contributed by atoms with Crippen LogP contribution >= 0.6 is 0 Å². The largest absolute Gasteiger partial charge is 0.342 e. The summed E-state index contributed by atoms with van der Waals surface area (Å²) in [5, 5.41) is 3.30. The number of imidazole rings is 1. The summed E-state index contributed by atoms with van der Waals surface area (Å²) in [7, 11) is 0. The molecule has 1 fully saturated rings. The van der Waals surface area contributed by atoms with Crippen molar-refractivity contribution in [2.24, 2.45) is 5.92 Å². The first-order valence-corrected chi connectivity index (χ1v) is 6.42. The van der Waals surface area contributed by atoms with E-state index in [1.165, 1.54) is 6.07 Å². The van der Waals surface area contributed by atoms with Gasteiger partial charge in [-0.15, -0.1) is 0 Å². The van der Waals surface area contributed by atoms with E-state index in [0.29, 0.717) is 11.6 Å². The molecule has 1 saturated heterocycles. The SMILES string of the molecule is Fc1ccc(F)c(-c2cnc(CC3CCNC3)[nH]2)c1. The van der Waals surface area contributed by atoms with E-state index in [-0.39, 0.29) is 5.56 Å². The molecule has 1 aliphatic rings. The Hall–Kier alpha value is -1.75. The minimum absolute atomic E-state index is 0.225. The summed E-state index contributed by atoms with van der Waals surface area (Å²) in [6.07, 6.45) is 3.53. The van der Waals surface area contributed by atoms with Crippen molar-refractivity contribution >= 4 is 0 Å². The highest BCUT2D eigenvalue weighted by Crippen LogP contribution is 2.23. The highest BCUT2D eigenvalue weighted by Gasteiger charge is 2.17. The number of hydrogen-bond acceptors (Lipinski definition) is 2. The molecule has 3 nitrogen and oxygen atoms in total. The van der Waals surface area contributed by atoms with Crippen LogP contribution in [0.15, 0.2) is 24.4 Å². The van der Waals surface area contributed by atoms with Crippen LogP contribution in [0.25, 0.3) is 11.3 Å². The summed E-state index contributed by atoms with van der Waals surface area (Å²) < 4.78 is 26.8. The average molecular weight is 263 g/mol. The second-order valence-electron chi connectivity index (χ2n) is 4.93. The average Bonchev–Trinajstić information content (AvgIpc) is 3.04. The van der Waals surface area contributed by atoms with Gasteiger partial charge in [0.25, 0.3) is 0 Å². The Balaban J connectivity index is 1.82. The van der Waals surface area contributed by atoms with Crippen LogP contribution in [0, 0.1) is 17.6 Å². The van der Waals surface area contributed by atoms with Gasteiger partial charge in [-0.1, -0.05) is 0 Å². The van der Waals surface area contributed by atoms with Crippen molar-refractivity contribution in [2.45, 2.75) is 12.8 Å². The number of nitrogens with zero attached hydrogens (tertiary/aromatic N) is 1. The second-order valence-corrected chi connectivity index (χ2v) is 4.93. The highest BCUT2D eigenvalue weighted by atomic mass is 19.1. The van der Waals surface area contributed by atoms with E-state index in [2.05, 4.69) is 15.3 Å². The van der Waals surface area contributed by atoms with E-state index in [9.17, 15) is 8.78 Å². The molecule has 1 unspecified atom stereocenters. The fourth-order valence-electron chi connectivity index (χ4n) is 2.47. The first-order chi connectivity index (χ1) is 9.22. The Morgan fingerprint density at radius 1 is 1.32 bits per heavy atom. The molecule has 100 valence electrons. The predicted octanol–water partition coefficient (Wildman–Crippen LogP) is 2.51. The van der Waals surface area contributed by atoms with Crippen molar-refractivity contribution in [3.05, 3.63) is 41.9 Å². The van der Waals surface area contributed by atoms with Gasteiger partial charge in [0, 0.05) is 12.0 Å². The quantitative estimate of drug-likeness (QED) is 0.893. The lowest BCUT2D eigenvalue weighted by Crippen LogP contribution is -2.11. The van der Waals surface area contributed by atoms with Crippen LogP contribution in [0.1, 0.15) is 12.2 Å². The maximum atomic E-state index is 13.6. The van der Waals surface area contributed by atoms with E-state index in [0.717, 1.165) is 43.9 Å². The molecule has 3 rings (SSSR count). The number of hydrogen-bond donors (Lipinski definition) is 2. The number of halogens is 2. The van der Waals surface area contributed by atoms with Gasteiger partial charge in [0.15, 0.2) is 0 Å². The maximum Gasteiger partial charge on any atom is 0.132 e. The Kier molecular flexibility index (Phi) is 3.29. The minimum atomic E-state index is -0.451. The standard InChI is InChI=1S/C14H15F2N3/c15-10-1-2-12(16)11(6-10)13-8-18-14(19-13)5-9-3-4-17-7-9/h1-2,6,8-9,17H,3-5,7H2,(H,18,19). The van der Waals surface area contributed by atoms with Crippen LogP contribution < -0.4 is 5.32 Å². The van der Waals surface area contributed by atoms with Gasteiger partial charge in [-0.3, -0.25) is 0 Å². The molecule has 1 aromatic heterocycles. The fourth-order valence-corrected chi connectivity index (χ4v) is 2.47. The highest BCUT2D eigenvalue weighted by molar-refractivity contribution is 5.59. The topological polar surface area (TPSA) is 40.7 Å². The lowest BCUT2D eigenvalue weighted by Gasteiger charge is -2.04. The van der Waals surface area contributed by atoms with E-state index in [1.54, 1.807) is 6.20 Å². The fraction of sp³-hybridized carbons (Fsp3) is 0.357. The van der Waals surface area contributed by atoms with E-state index >= 15 is 0 Å². The molecule has 2 aromatic rings. The molecule has 0 amide bonds. The van der Waals surface area contributed by atoms with Gasteiger partial charge in [-0.2, -0.15) is 0 Å². The zero-order chi connectivity index (χ0) is 13.2. The van der Waals surface area contributed by atoms with E-state index < -0.39 is 11.6 Å². The van der Waals surface area contributed by atoms with Gasteiger partial charge >= 0.3 is 0 Å². The Bertz CT molecular complexity index is 574. The van der Waals surface area contributed by atoms with Crippen LogP contribution in [-0.4, -0.2) is 23.1 Å². The third-order valence-corrected chi connectivity index (χ3v) is 3.49. The first-order valence-electron chi connectivity index (χ1n) is 6.42. The van der Waals surface area contributed by atoms with Crippen molar-refractivity contribution in [3.8, 4) is 11.3 Å². The van der Waals surface area contributed by atoms with Crippen molar-refractivity contribution < 1.29 is 8.78 Å². The van der Waals surface area contributed by atoms with Crippen LogP contribution in [-0.2, 0) is 6.42 Å². The molecule has 19 heavy (non-hydrogen) atoms. The first kappa shape index (κ1) is 12.3. The van der Waals surface area contributed by atoms with Crippen molar-refractivity contribution in [2.75, 3.05) is 13.1 Å². The Labute approximate surface area is 110 Å². The number of H-pyrrole nitrogens is 1. The number of aromatic nitrogens is 2. The maximum absolute atomic E-state index is 13.6. The monoisotopic (exact) mass is 263 g/mol. The summed E-state index contributed by atoms with van der Waals surface area (Å²) in [5.41, 5.74) is 0.751. The lowest BCUT2D eigenvalue weighted by atomic mass is 10.1. The number of benzene rings is 1. The van der Waals surface area contributed by atoms with Gasteiger partial charge < -0.3 is 10.3 Å². The van der Waals surface area contributed by atoms with Crippen LogP contribution in [0.3, 0.4) is 0 Å². The van der Waals surface area contributed by atoms with E-state index in [1.807, 2.05) is 0 Å². The van der Waals surface area contributed by atoms with Gasteiger partial charge in [-0.05, 0) is 43.6 Å². The third kappa shape index (κ3) is 2.66. The molecule has 1 atom stereocenters. The summed E-state index contributed by atoms with van der Waals surface area (Å²) in [5.74, 6) is 0.496. The summed E-state index contributed by atoms with van der Waals surface area (Å²) in [6.45, 7) is 2.03. The van der Waals surface area contributed by atoms with Crippen molar-refractivity contribution in [3.63, 3.8) is 0 Å². The predicted molar refractivity (Wildman–Crippen MR) is 68.6 cm³/mol. The normalized spacial score (nSPS) is 18.9. The van der Waals surface area contributed by atoms with Crippen LogP contribution in [0.2, 0.25) is 0 Å². The van der Waals surface area contributed by atoms with E-state index in [4.69, 9.17) is 0 Å². The minimum Gasteiger partial charge on any atom is -0.342 e. The van der Waals surface area contributed by atoms with Crippen LogP contribution in [0.4, 0.5) is 8.78 Å². The lowest BCUT2D eigenvalue weighted by molar-refractivity contribution is 0.565. The Morgan fingerprint density at radius 2 is 2.21 bits per heavy atom. The summed E-state index contributed by atoms with van der Waals surface area (Å²) in [6, 6.07) is 3.43. The molecule has 0 saturated carbocycles. The van der Waals surface area contributed by atoms with Gasteiger partial charge in [0.1, 0.15) is 17.5 Å². The third-order valence-electron chi connectivity index (χ3n) is 3.49. The van der Waals surface area contributed by atoms with Crippen LogP contribution in [0.5, 0.6) is 0 Å². The summed E-state index contributed by atoms with van der Waals surface area (Å²) in [4.78, 5) is 7.33. The zero-order valence-electron chi connectivity index (χ0n) is 10.4. The number of rotatable bonds is 3. The zero-order valence-corrected chi connectivity index (χ0v) is 10.4. The van der Waals surface area contributed by atoms with Gasteiger partial charge in [-0.25, -0.2) is 13.8 Å². The second kappa shape index (κ2) is 5.09. The van der Waals surface area contributed by atoms with Gasteiger partial charge in [0.05, 0.1) is 11.9 Å². The molecule has 5 heteroatoms. The number of nitrogens with one attached hydrogen (secondary N) is 2. The molecule has 1 aromatic carbocycles. The number of aromatic amines is 1. The van der Waals surface area contributed by atoms with Crippen molar-refractivity contribution in [1.29, 1.82) is 0 Å². The molecule has 0 radical (unpaired) electrons. The molecule has 2 N–H and O–H groups in total. The molecule has 1 aliphatic heterocycles.